The van der Waals surface area contributed by atoms with Crippen LogP contribution in [0.15, 0.2) is 24.3 Å². The standard InChI is InChI=1S/C14H23ClN2/c1-3-8-17(9-4-2)14(11-16)12-6-5-7-13(15)10-12/h5-7,10,14H,3-4,8-9,11,16H2,1-2H3. The molecule has 1 aromatic rings. The minimum Gasteiger partial charge on any atom is -0.329 e. The Morgan fingerprint density at radius 3 is 2.35 bits per heavy atom. The number of hydrogen-bond donors (Lipinski definition) is 1. The normalized spacial score (nSPS) is 13.0. The van der Waals surface area contributed by atoms with Crippen LogP contribution in [0.4, 0.5) is 0 Å². The van der Waals surface area contributed by atoms with Crippen LogP contribution in [0.1, 0.15) is 38.3 Å². The summed E-state index contributed by atoms with van der Waals surface area (Å²) < 4.78 is 0. The third-order valence-electron chi connectivity index (χ3n) is 2.92. The van der Waals surface area contributed by atoms with E-state index in [-0.39, 0.29) is 6.04 Å². The molecule has 0 saturated carbocycles. The molecular formula is C14H23ClN2. The van der Waals surface area contributed by atoms with Crippen LogP contribution in [0.25, 0.3) is 0 Å². The van der Waals surface area contributed by atoms with Crippen LogP contribution in [-0.2, 0) is 0 Å². The van der Waals surface area contributed by atoms with Gasteiger partial charge in [-0.25, -0.2) is 0 Å². The maximum Gasteiger partial charge on any atom is 0.0470 e. The number of nitrogens with two attached hydrogens (primary N) is 1. The molecule has 0 spiro atoms. The van der Waals surface area contributed by atoms with Crippen molar-refractivity contribution in [1.29, 1.82) is 0 Å². The smallest absolute Gasteiger partial charge is 0.0470 e. The number of rotatable bonds is 7. The van der Waals surface area contributed by atoms with E-state index in [2.05, 4.69) is 24.8 Å². The van der Waals surface area contributed by atoms with Crippen molar-refractivity contribution >= 4 is 11.6 Å². The predicted octanol–water partition coefficient (Wildman–Crippen LogP) is 3.46. The Kier molecular flexibility index (Phi) is 6.56. The number of nitrogens with zero attached hydrogens (tertiary/aromatic N) is 1. The molecule has 0 fully saturated rings. The van der Waals surface area contributed by atoms with Crippen LogP contribution < -0.4 is 5.73 Å². The molecule has 2 nitrogen and oxygen atoms in total. The zero-order valence-electron chi connectivity index (χ0n) is 10.8. The zero-order valence-corrected chi connectivity index (χ0v) is 11.6. The number of hydrogen-bond acceptors (Lipinski definition) is 2. The van der Waals surface area contributed by atoms with E-state index < -0.39 is 0 Å². The van der Waals surface area contributed by atoms with Gasteiger partial charge in [-0.2, -0.15) is 0 Å². The second-order valence-corrected chi connectivity index (χ2v) is 4.78. The second-order valence-electron chi connectivity index (χ2n) is 4.34. The van der Waals surface area contributed by atoms with Gasteiger partial charge in [0.2, 0.25) is 0 Å². The van der Waals surface area contributed by atoms with Crippen molar-refractivity contribution in [2.75, 3.05) is 19.6 Å². The van der Waals surface area contributed by atoms with Crippen LogP contribution in [0.5, 0.6) is 0 Å². The van der Waals surface area contributed by atoms with Crippen molar-refractivity contribution < 1.29 is 0 Å². The third kappa shape index (κ3) is 4.30. The molecule has 0 aromatic heterocycles. The first-order valence-corrected chi connectivity index (χ1v) is 6.80. The topological polar surface area (TPSA) is 29.3 Å². The minimum atomic E-state index is 0.286. The van der Waals surface area contributed by atoms with E-state index in [1.54, 1.807) is 0 Å². The van der Waals surface area contributed by atoms with Crippen LogP contribution in [0.2, 0.25) is 5.02 Å². The third-order valence-corrected chi connectivity index (χ3v) is 3.15. The lowest BCUT2D eigenvalue weighted by Gasteiger charge is -2.30. The van der Waals surface area contributed by atoms with Gasteiger partial charge in [-0.3, -0.25) is 4.90 Å². The Morgan fingerprint density at radius 1 is 1.24 bits per heavy atom. The van der Waals surface area contributed by atoms with Crippen LogP contribution in [0.3, 0.4) is 0 Å². The van der Waals surface area contributed by atoms with E-state index in [0.29, 0.717) is 6.54 Å². The molecule has 0 heterocycles. The molecule has 17 heavy (non-hydrogen) atoms. The molecule has 1 aromatic carbocycles. The maximum atomic E-state index is 6.05. The molecule has 2 N–H and O–H groups in total. The summed E-state index contributed by atoms with van der Waals surface area (Å²) in [6, 6.07) is 8.33. The fraction of sp³-hybridized carbons (Fsp3) is 0.571. The summed E-state index contributed by atoms with van der Waals surface area (Å²) in [5.41, 5.74) is 7.16. The van der Waals surface area contributed by atoms with E-state index in [1.165, 1.54) is 5.56 Å². The molecule has 1 rings (SSSR count). The van der Waals surface area contributed by atoms with E-state index in [1.807, 2.05) is 18.2 Å². The van der Waals surface area contributed by atoms with Crippen molar-refractivity contribution in [2.24, 2.45) is 5.73 Å². The van der Waals surface area contributed by atoms with Crippen molar-refractivity contribution in [2.45, 2.75) is 32.7 Å². The highest BCUT2D eigenvalue weighted by atomic mass is 35.5. The molecule has 96 valence electrons. The summed E-state index contributed by atoms with van der Waals surface area (Å²) >= 11 is 6.05. The highest BCUT2D eigenvalue weighted by Crippen LogP contribution is 2.23. The Hall–Kier alpha value is -0.570. The molecule has 0 aliphatic carbocycles. The van der Waals surface area contributed by atoms with Gasteiger partial charge in [-0.15, -0.1) is 0 Å². The summed E-state index contributed by atoms with van der Waals surface area (Å²) in [6.45, 7) is 7.22. The van der Waals surface area contributed by atoms with Crippen molar-refractivity contribution in [3.05, 3.63) is 34.9 Å². The van der Waals surface area contributed by atoms with E-state index >= 15 is 0 Å². The molecule has 3 heteroatoms. The van der Waals surface area contributed by atoms with E-state index in [9.17, 15) is 0 Å². The first-order valence-electron chi connectivity index (χ1n) is 6.42. The zero-order chi connectivity index (χ0) is 12.7. The van der Waals surface area contributed by atoms with Gasteiger partial charge in [0, 0.05) is 17.6 Å². The van der Waals surface area contributed by atoms with Gasteiger partial charge >= 0.3 is 0 Å². The lowest BCUT2D eigenvalue weighted by atomic mass is 10.0. The first kappa shape index (κ1) is 14.5. The molecule has 1 atom stereocenters. The summed E-state index contributed by atoms with van der Waals surface area (Å²) in [5, 5.41) is 0.786. The van der Waals surface area contributed by atoms with Crippen molar-refractivity contribution in [1.82, 2.24) is 4.90 Å². The minimum absolute atomic E-state index is 0.286. The van der Waals surface area contributed by atoms with Crippen LogP contribution >= 0.6 is 11.6 Å². The Labute approximate surface area is 110 Å². The lowest BCUT2D eigenvalue weighted by molar-refractivity contribution is 0.202. The first-order chi connectivity index (χ1) is 8.22. The van der Waals surface area contributed by atoms with Gasteiger partial charge in [-0.1, -0.05) is 37.6 Å². The molecule has 1 unspecified atom stereocenters. The average Bonchev–Trinajstić information content (AvgIpc) is 2.31. The molecule has 0 aliphatic heterocycles. The molecule has 0 radical (unpaired) electrons. The highest BCUT2D eigenvalue weighted by Gasteiger charge is 2.17. The van der Waals surface area contributed by atoms with E-state index in [0.717, 1.165) is 31.0 Å². The maximum absolute atomic E-state index is 6.05. The Balaban J connectivity index is 2.87. The number of halogens is 1. The van der Waals surface area contributed by atoms with Gasteiger partial charge in [0.1, 0.15) is 0 Å². The number of benzene rings is 1. The van der Waals surface area contributed by atoms with Gasteiger partial charge in [-0.05, 0) is 43.6 Å². The summed E-state index contributed by atoms with van der Waals surface area (Å²) in [4.78, 5) is 2.45. The molecule has 0 bridgehead atoms. The highest BCUT2D eigenvalue weighted by molar-refractivity contribution is 6.30. The summed E-state index contributed by atoms with van der Waals surface area (Å²) in [6.07, 6.45) is 2.30. The molecular weight excluding hydrogens is 232 g/mol. The van der Waals surface area contributed by atoms with Crippen molar-refractivity contribution in [3.63, 3.8) is 0 Å². The molecule has 0 saturated heterocycles. The predicted molar refractivity (Wildman–Crippen MR) is 75.4 cm³/mol. The second kappa shape index (κ2) is 7.70. The fourth-order valence-electron chi connectivity index (χ4n) is 2.21. The quantitative estimate of drug-likeness (QED) is 0.808. The average molecular weight is 255 g/mol. The fourth-order valence-corrected chi connectivity index (χ4v) is 2.41. The van der Waals surface area contributed by atoms with Crippen LogP contribution in [0, 0.1) is 0 Å². The van der Waals surface area contributed by atoms with Gasteiger partial charge in [0.25, 0.3) is 0 Å². The largest absolute Gasteiger partial charge is 0.329 e. The van der Waals surface area contributed by atoms with Crippen LogP contribution in [-0.4, -0.2) is 24.5 Å². The van der Waals surface area contributed by atoms with Gasteiger partial charge in [0.05, 0.1) is 0 Å². The molecule has 0 amide bonds. The van der Waals surface area contributed by atoms with Gasteiger partial charge < -0.3 is 5.73 Å². The monoisotopic (exact) mass is 254 g/mol. The lowest BCUT2D eigenvalue weighted by Crippen LogP contribution is -2.35. The molecule has 0 aliphatic rings. The van der Waals surface area contributed by atoms with Gasteiger partial charge in [0.15, 0.2) is 0 Å². The van der Waals surface area contributed by atoms with E-state index in [4.69, 9.17) is 17.3 Å². The van der Waals surface area contributed by atoms with Crippen molar-refractivity contribution in [3.8, 4) is 0 Å². The summed E-state index contributed by atoms with van der Waals surface area (Å²) in [5.74, 6) is 0. The Bertz CT molecular complexity index is 322. The summed E-state index contributed by atoms with van der Waals surface area (Å²) in [7, 11) is 0. The Morgan fingerprint density at radius 2 is 1.88 bits per heavy atom. The SMILES string of the molecule is CCCN(CCC)C(CN)c1cccc(Cl)c1.